The van der Waals surface area contributed by atoms with Crippen LogP contribution in [-0.4, -0.2) is 49.5 Å². The summed E-state index contributed by atoms with van der Waals surface area (Å²) >= 11 is 1.34. The van der Waals surface area contributed by atoms with Crippen LogP contribution in [0.4, 0.5) is 0 Å². The van der Waals surface area contributed by atoms with Gasteiger partial charge in [0.25, 0.3) is 5.91 Å². The Hall–Kier alpha value is -2.74. The molecular formula is C19H22N2O5S. The molecule has 0 radical (unpaired) electrons. The molecular weight excluding hydrogens is 368 g/mol. The van der Waals surface area contributed by atoms with E-state index in [2.05, 4.69) is 10.3 Å². The van der Waals surface area contributed by atoms with Crippen LogP contribution in [0.15, 0.2) is 47.6 Å². The monoisotopic (exact) mass is 390 g/mol. The highest BCUT2D eigenvalue weighted by Gasteiger charge is 2.14. The maximum Gasteiger partial charge on any atom is 0.341 e. The molecule has 144 valence electrons. The highest BCUT2D eigenvalue weighted by molar-refractivity contribution is 7.98. The predicted octanol–water partition coefficient (Wildman–Crippen LogP) is 2.55. The Morgan fingerprint density at radius 2 is 1.81 bits per heavy atom. The first-order chi connectivity index (χ1) is 13.1. The first kappa shape index (κ1) is 20.6. The van der Waals surface area contributed by atoms with Gasteiger partial charge in [-0.25, -0.2) is 9.78 Å². The number of ether oxygens (including phenoxy) is 3. The van der Waals surface area contributed by atoms with Crippen molar-refractivity contribution in [3.8, 4) is 11.5 Å². The van der Waals surface area contributed by atoms with Crippen LogP contribution in [0.25, 0.3) is 0 Å². The fourth-order valence-electron chi connectivity index (χ4n) is 2.13. The molecule has 1 heterocycles. The quantitative estimate of drug-likeness (QED) is 0.379. The molecule has 1 amide bonds. The first-order valence-corrected chi connectivity index (χ1v) is 9.65. The minimum atomic E-state index is -0.576. The molecule has 0 aliphatic rings. The normalized spacial score (nSPS) is 10.1. The van der Waals surface area contributed by atoms with E-state index in [9.17, 15) is 9.59 Å². The minimum absolute atomic E-state index is 0.298. The van der Waals surface area contributed by atoms with Gasteiger partial charge in [-0.1, -0.05) is 0 Å². The number of hydrogen-bond donors (Lipinski definition) is 1. The van der Waals surface area contributed by atoms with Crippen molar-refractivity contribution in [2.45, 2.75) is 11.9 Å². The van der Waals surface area contributed by atoms with Crippen molar-refractivity contribution in [3.63, 3.8) is 0 Å². The van der Waals surface area contributed by atoms with E-state index in [1.165, 1.54) is 11.8 Å². The van der Waals surface area contributed by atoms with Crippen LogP contribution in [0.5, 0.6) is 11.5 Å². The lowest BCUT2D eigenvalue weighted by molar-refractivity contribution is -0.124. The van der Waals surface area contributed by atoms with Gasteiger partial charge in [-0.15, -0.1) is 11.8 Å². The molecule has 2 aromatic rings. The molecule has 1 aromatic carbocycles. The molecule has 0 bridgehead atoms. The predicted molar refractivity (Wildman–Crippen MR) is 102 cm³/mol. The topological polar surface area (TPSA) is 86.8 Å². The van der Waals surface area contributed by atoms with E-state index in [-0.39, 0.29) is 6.61 Å². The van der Waals surface area contributed by atoms with Gasteiger partial charge in [0.05, 0.1) is 18.7 Å². The van der Waals surface area contributed by atoms with Crippen LogP contribution >= 0.6 is 11.8 Å². The van der Waals surface area contributed by atoms with E-state index in [0.717, 1.165) is 5.75 Å². The van der Waals surface area contributed by atoms with Gasteiger partial charge in [-0.2, -0.15) is 0 Å². The number of hydrogen-bond acceptors (Lipinski definition) is 7. The first-order valence-electron chi connectivity index (χ1n) is 8.42. The average Bonchev–Trinajstić information content (AvgIpc) is 2.70. The molecule has 0 aliphatic heterocycles. The maximum atomic E-state index is 12.0. The number of carbonyl (C=O) groups excluding carboxylic acids is 2. The molecule has 0 aliphatic carbocycles. The van der Waals surface area contributed by atoms with Crippen molar-refractivity contribution in [3.05, 3.63) is 48.2 Å². The summed E-state index contributed by atoms with van der Waals surface area (Å²) < 4.78 is 15.9. The summed E-state index contributed by atoms with van der Waals surface area (Å²) in [6.07, 6.45) is 3.41. The molecule has 0 atom stereocenters. The van der Waals surface area contributed by atoms with E-state index in [4.69, 9.17) is 14.2 Å². The number of amides is 1. The van der Waals surface area contributed by atoms with Gasteiger partial charge in [0, 0.05) is 6.20 Å². The van der Waals surface area contributed by atoms with Gasteiger partial charge >= 0.3 is 5.97 Å². The summed E-state index contributed by atoms with van der Waals surface area (Å²) in [5.74, 6) is 0.486. The third kappa shape index (κ3) is 6.82. The third-order valence-corrected chi connectivity index (χ3v) is 4.06. The van der Waals surface area contributed by atoms with Crippen molar-refractivity contribution in [2.24, 2.45) is 0 Å². The number of nitrogens with zero attached hydrogens (tertiary/aromatic N) is 1. The fourth-order valence-corrected chi connectivity index (χ4v) is 2.66. The number of rotatable bonds is 10. The second-order valence-electron chi connectivity index (χ2n) is 5.24. The molecule has 0 fully saturated rings. The molecule has 0 saturated carbocycles. The average molecular weight is 390 g/mol. The highest BCUT2D eigenvalue weighted by Crippen LogP contribution is 2.18. The molecule has 0 unspecified atom stereocenters. The zero-order chi connectivity index (χ0) is 19.5. The number of nitrogens with one attached hydrogen (secondary N) is 1. The van der Waals surface area contributed by atoms with Gasteiger partial charge in [-0.05, 0) is 49.6 Å². The summed E-state index contributed by atoms with van der Waals surface area (Å²) in [6, 6.07) is 10.5. The Morgan fingerprint density at radius 1 is 1.11 bits per heavy atom. The Morgan fingerprint density at radius 3 is 2.48 bits per heavy atom. The molecule has 1 N–H and O–H groups in total. The van der Waals surface area contributed by atoms with E-state index in [1.807, 2.05) is 25.3 Å². The van der Waals surface area contributed by atoms with Crippen LogP contribution in [0.3, 0.4) is 0 Å². The number of carbonyl (C=O) groups is 2. The maximum absolute atomic E-state index is 12.0. The van der Waals surface area contributed by atoms with E-state index in [1.54, 1.807) is 30.5 Å². The smallest absolute Gasteiger partial charge is 0.341 e. The Balaban J connectivity index is 1.66. The van der Waals surface area contributed by atoms with E-state index in [0.29, 0.717) is 36.1 Å². The molecule has 2 rings (SSSR count). The van der Waals surface area contributed by atoms with Gasteiger partial charge in [-0.3, -0.25) is 4.79 Å². The van der Waals surface area contributed by atoms with Gasteiger partial charge < -0.3 is 19.5 Å². The van der Waals surface area contributed by atoms with Gasteiger partial charge in [0.1, 0.15) is 23.1 Å². The summed E-state index contributed by atoms with van der Waals surface area (Å²) in [7, 11) is 0. The van der Waals surface area contributed by atoms with Crippen LogP contribution in [0, 0.1) is 0 Å². The second-order valence-corrected chi connectivity index (χ2v) is 6.03. The SMILES string of the molecule is CCOc1ccc(OCCNC(=O)COC(=O)c2cccnc2SC)cc1. The van der Waals surface area contributed by atoms with Gasteiger partial charge in [0.2, 0.25) is 0 Å². The number of aromatic nitrogens is 1. The van der Waals surface area contributed by atoms with Crippen molar-refractivity contribution in [1.29, 1.82) is 0 Å². The number of esters is 1. The van der Waals surface area contributed by atoms with Crippen LogP contribution in [0.1, 0.15) is 17.3 Å². The Bertz CT molecular complexity index is 752. The lowest BCUT2D eigenvalue weighted by Crippen LogP contribution is -2.32. The summed E-state index contributed by atoms with van der Waals surface area (Å²) in [6.45, 7) is 2.77. The highest BCUT2D eigenvalue weighted by atomic mass is 32.2. The number of pyridine rings is 1. The fraction of sp³-hybridized carbons (Fsp3) is 0.316. The number of thioether (sulfide) groups is 1. The molecule has 0 spiro atoms. The van der Waals surface area contributed by atoms with Crippen molar-refractivity contribution >= 4 is 23.6 Å². The van der Waals surface area contributed by atoms with Crippen molar-refractivity contribution in [1.82, 2.24) is 10.3 Å². The molecule has 1 aromatic heterocycles. The van der Waals surface area contributed by atoms with Crippen molar-refractivity contribution < 1.29 is 23.8 Å². The summed E-state index contributed by atoms with van der Waals surface area (Å²) in [4.78, 5) is 27.9. The molecule has 0 saturated heterocycles. The van der Waals surface area contributed by atoms with Crippen LogP contribution in [-0.2, 0) is 9.53 Å². The third-order valence-electron chi connectivity index (χ3n) is 3.35. The molecule has 27 heavy (non-hydrogen) atoms. The van der Waals surface area contributed by atoms with Crippen molar-refractivity contribution in [2.75, 3.05) is 32.6 Å². The Labute approximate surface area is 162 Å². The summed E-state index contributed by atoms with van der Waals surface area (Å²) in [5.41, 5.74) is 0.344. The minimum Gasteiger partial charge on any atom is -0.494 e. The molecule has 8 heteroatoms. The van der Waals surface area contributed by atoms with E-state index >= 15 is 0 Å². The largest absolute Gasteiger partial charge is 0.494 e. The lowest BCUT2D eigenvalue weighted by Gasteiger charge is -2.09. The van der Waals surface area contributed by atoms with E-state index < -0.39 is 11.9 Å². The molecule has 7 nitrogen and oxygen atoms in total. The van der Waals surface area contributed by atoms with Gasteiger partial charge in [0.15, 0.2) is 6.61 Å². The zero-order valence-corrected chi connectivity index (χ0v) is 16.1. The second kappa shape index (κ2) is 11.1. The lowest BCUT2D eigenvalue weighted by atomic mass is 10.3. The Kier molecular flexibility index (Phi) is 8.44. The zero-order valence-electron chi connectivity index (χ0n) is 15.3. The standard InChI is InChI=1S/C19H22N2O5S/c1-3-24-14-6-8-15(9-7-14)25-12-11-20-17(22)13-26-19(23)16-5-4-10-21-18(16)27-2/h4-10H,3,11-13H2,1-2H3,(H,20,22). The number of benzene rings is 1. The van der Waals surface area contributed by atoms with Crippen LogP contribution in [0.2, 0.25) is 0 Å². The summed E-state index contributed by atoms with van der Waals surface area (Å²) in [5, 5.41) is 3.20. The van der Waals surface area contributed by atoms with Crippen LogP contribution < -0.4 is 14.8 Å².